The molecule has 132 valence electrons. The lowest BCUT2D eigenvalue weighted by atomic mass is 10.1. The summed E-state index contributed by atoms with van der Waals surface area (Å²) >= 11 is 0. The van der Waals surface area contributed by atoms with Crippen molar-refractivity contribution in [3.8, 4) is 11.8 Å². The summed E-state index contributed by atoms with van der Waals surface area (Å²) in [6, 6.07) is 16.2. The molecule has 0 radical (unpaired) electrons. The number of rotatable bonds is 9. The Morgan fingerprint density at radius 3 is 2.60 bits per heavy atom. The number of aliphatic hydroxyl groups is 1. The highest BCUT2D eigenvalue weighted by Crippen LogP contribution is 2.23. The second-order valence-electron chi connectivity index (χ2n) is 5.76. The maximum Gasteiger partial charge on any atom is 0.124 e. The average Bonchev–Trinajstić information content (AvgIpc) is 2.65. The van der Waals surface area contributed by atoms with E-state index in [1.807, 2.05) is 32.2 Å². The van der Waals surface area contributed by atoms with Gasteiger partial charge in [0.25, 0.3) is 0 Å². The molecule has 0 amide bonds. The monoisotopic (exact) mass is 339 g/mol. The number of nitrogens with one attached hydrogen (secondary N) is 1. The van der Waals surface area contributed by atoms with Gasteiger partial charge in [-0.2, -0.15) is 5.26 Å². The Bertz CT molecular complexity index is 708. The number of benzene rings is 2. The SMILES string of the molecule is CCOc1ccc(NCc2ccc(N(C)CCC#N)cc2)cc1CO. The highest BCUT2D eigenvalue weighted by molar-refractivity contribution is 5.52. The lowest BCUT2D eigenvalue weighted by Crippen LogP contribution is -2.17. The molecule has 5 heteroatoms. The van der Waals surface area contributed by atoms with Crippen LogP contribution in [-0.2, 0) is 13.2 Å². The van der Waals surface area contributed by atoms with Crippen molar-refractivity contribution in [3.05, 3.63) is 53.6 Å². The van der Waals surface area contributed by atoms with Gasteiger partial charge in [0.2, 0.25) is 0 Å². The minimum atomic E-state index is -0.0470. The summed E-state index contributed by atoms with van der Waals surface area (Å²) in [4.78, 5) is 2.07. The molecule has 0 atom stereocenters. The number of ether oxygens (including phenoxy) is 1. The van der Waals surface area contributed by atoms with Gasteiger partial charge in [-0.05, 0) is 42.8 Å². The fourth-order valence-electron chi connectivity index (χ4n) is 2.53. The molecule has 0 bridgehead atoms. The number of anilines is 2. The van der Waals surface area contributed by atoms with Gasteiger partial charge in [0.1, 0.15) is 5.75 Å². The molecule has 0 aliphatic rings. The first-order chi connectivity index (χ1) is 12.2. The molecule has 2 aromatic rings. The highest BCUT2D eigenvalue weighted by Gasteiger charge is 2.05. The van der Waals surface area contributed by atoms with Gasteiger partial charge in [-0.15, -0.1) is 0 Å². The zero-order valence-electron chi connectivity index (χ0n) is 14.8. The van der Waals surface area contributed by atoms with Crippen LogP contribution in [0.3, 0.4) is 0 Å². The van der Waals surface area contributed by atoms with E-state index in [0.29, 0.717) is 19.6 Å². The molecule has 0 unspecified atom stereocenters. The Morgan fingerprint density at radius 2 is 1.96 bits per heavy atom. The third-order valence-corrected chi connectivity index (χ3v) is 3.96. The minimum absolute atomic E-state index is 0.0470. The fraction of sp³-hybridized carbons (Fsp3) is 0.350. The molecule has 0 fully saturated rings. The molecule has 0 saturated heterocycles. The maximum atomic E-state index is 9.47. The van der Waals surface area contributed by atoms with Crippen molar-refractivity contribution >= 4 is 11.4 Å². The smallest absolute Gasteiger partial charge is 0.124 e. The summed E-state index contributed by atoms with van der Waals surface area (Å²) in [5.74, 6) is 0.723. The van der Waals surface area contributed by atoms with Crippen molar-refractivity contribution in [1.29, 1.82) is 5.26 Å². The number of hydrogen-bond acceptors (Lipinski definition) is 5. The van der Waals surface area contributed by atoms with Crippen LogP contribution < -0.4 is 15.0 Å². The van der Waals surface area contributed by atoms with E-state index in [1.54, 1.807) is 0 Å². The van der Waals surface area contributed by atoms with E-state index < -0.39 is 0 Å². The molecule has 0 aromatic heterocycles. The normalized spacial score (nSPS) is 10.2. The summed E-state index contributed by atoms with van der Waals surface area (Å²) in [5.41, 5.74) is 3.99. The van der Waals surface area contributed by atoms with E-state index in [0.717, 1.165) is 34.8 Å². The standard InChI is InChI=1S/C20H25N3O2/c1-3-25-20-10-7-18(13-17(20)15-24)22-14-16-5-8-19(9-6-16)23(2)12-4-11-21/h5-10,13,22,24H,3-4,12,14-15H2,1-2H3. The number of nitriles is 1. The summed E-state index contributed by atoms with van der Waals surface area (Å²) < 4.78 is 5.50. The second-order valence-corrected chi connectivity index (χ2v) is 5.76. The van der Waals surface area contributed by atoms with Crippen LogP contribution in [0.5, 0.6) is 5.75 Å². The Labute approximate surface area is 149 Å². The van der Waals surface area contributed by atoms with Crippen molar-refractivity contribution in [2.24, 2.45) is 0 Å². The van der Waals surface area contributed by atoms with Gasteiger partial charge in [0, 0.05) is 37.1 Å². The van der Waals surface area contributed by atoms with E-state index in [-0.39, 0.29) is 6.61 Å². The molecule has 25 heavy (non-hydrogen) atoms. The molecule has 2 N–H and O–H groups in total. The Kier molecular flexibility index (Phi) is 7.12. The third kappa shape index (κ3) is 5.40. The van der Waals surface area contributed by atoms with Crippen LogP contribution in [0.25, 0.3) is 0 Å². The largest absolute Gasteiger partial charge is 0.494 e. The van der Waals surface area contributed by atoms with Crippen LogP contribution in [0, 0.1) is 11.3 Å². The predicted molar refractivity (Wildman–Crippen MR) is 101 cm³/mol. The minimum Gasteiger partial charge on any atom is -0.494 e. The summed E-state index contributed by atoms with van der Waals surface area (Å²) in [6.45, 7) is 3.88. The number of aliphatic hydroxyl groups excluding tert-OH is 1. The van der Waals surface area contributed by atoms with Crippen molar-refractivity contribution in [2.45, 2.75) is 26.5 Å². The topological polar surface area (TPSA) is 68.5 Å². The van der Waals surface area contributed by atoms with E-state index in [1.165, 1.54) is 0 Å². The highest BCUT2D eigenvalue weighted by atomic mass is 16.5. The quantitative estimate of drug-likeness (QED) is 0.731. The maximum absolute atomic E-state index is 9.47. The van der Waals surface area contributed by atoms with Gasteiger partial charge in [-0.25, -0.2) is 0 Å². The van der Waals surface area contributed by atoms with Gasteiger partial charge in [-0.3, -0.25) is 0 Å². The van der Waals surface area contributed by atoms with Gasteiger partial charge < -0.3 is 20.1 Å². The Hall–Kier alpha value is -2.71. The van der Waals surface area contributed by atoms with Gasteiger partial charge in [-0.1, -0.05) is 12.1 Å². The van der Waals surface area contributed by atoms with Crippen molar-refractivity contribution in [1.82, 2.24) is 0 Å². The van der Waals surface area contributed by atoms with E-state index in [2.05, 4.69) is 40.6 Å². The molecular formula is C20H25N3O2. The zero-order chi connectivity index (χ0) is 18.1. The second kappa shape index (κ2) is 9.55. The zero-order valence-corrected chi connectivity index (χ0v) is 14.8. The number of hydrogen-bond donors (Lipinski definition) is 2. The van der Waals surface area contributed by atoms with Crippen LogP contribution >= 0.6 is 0 Å². The lowest BCUT2D eigenvalue weighted by Gasteiger charge is -2.18. The van der Waals surface area contributed by atoms with Gasteiger partial charge in [0.05, 0.1) is 25.7 Å². The van der Waals surface area contributed by atoms with Crippen LogP contribution in [0.1, 0.15) is 24.5 Å². The van der Waals surface area contributed by atoms with Crippen molar-refractivity contribution in [3.63, 3.8) is 0 Å². The predicted octanol–water partition coefficient (Wildman–Crippen LogP) is 3.54. The first-order valence-corrected chi connectivity index (χ1v) is 8.45. The van der Waals surface area contributed by atoms with Crippen LogP contribution in [-0.4, -0.2) is 25.3 Å². The molecule has 0 heterocycles. The molecule has 0 aliphatic carbocycles. The van der Waals surface area contributed by atoms with Gasteiger partial charge in [0.15, 0.2) is 0 Å². The molecule has 0 spiro atoms. The summed E-state index contributed by atoms with van der Waals surface area (Å²) in [6.07, 6.45) is 0.519. The molecule has 2 rings (SSSR count). The molecule has 0 saturated carbocycles. The van der Waals surface area contributed by atoms with Crippen molar-refractivity contribution < 1.29 is 9.84 Å². The fourth-order valence-corrected chi connectivity index (χ4v) is 2.53. The van der Waals surface area contributed by atoms with Crippen LogP contribution in [0.15, 0.2) is 42.5 Å². The first kappa shape index (κ1) is 18.6. The molecule has 2 aromatic carbocycles. The Morgan fingerprint density at radius 1 is 1.20 bits per heavy atom. The van der Waals surface area contributed by atoms with E-state index in [4.69, 9.17) is 10.00 Å². The molecular weight excluding hydrogens is 314 g/mol. The van der Waals surface area contributed by atoms with Gasteiger partial charge >= 0.3 is 0 Å². The third-order valence-electron chi connectivity index (χ3n) is 3.96. The van der Waals surface area contributed by atoms with Crippen LogP contribution in [0.2, 0.25) is 0 Å². The van der Waals surface area contributed by atoms with Crippen molar-refractivity contribution in [2.75, 3.05) is 30.4 Å². The molecule has 0 aliphatic heterocycles. The lowest BCUT2D eigenvalue weighted by molar-refractivity contribution is 0.267. The van der Waals surface area contributed by atoms with E-state index >= 15 is 0 Å². The van der Waals surface area contributed by atoms with Crippen LogP contribution in [0.4, 0.5) is 11.4 Å². The first-order valence-electron chi connectivity index (χ1n) is 8.45. The Balaban J connectivity index is 1.96. The molecule has 5 nitrogen and oxygen atoms in total. The average molecular weight is 339 g/mol. The summed E-state index contributed by atoms with van der Waals surface area (Å²) in [5, 5.41) is 21.5. The van der Waals surface area contributed by atoms with E-state index in [9.17, 15) is 5.11 Å². The summed E-state index contributed by atoms with van der Waals surface area (Å²) in [7, 11) is 1.99. The number of nitrogens with zero attached hydrogens (tertiary/aromatic N) is 2.